The Morgan fingerprint density at radius 3 is 2.27 bits per heavy atom. The van der Waals surface area contributed by atoms with Crippen LogP contribution in [0.4, 0.5) is 5.69 Å². The normalized spacial score (nSPS) is 11.2. The summed E-state index contributed by atoms with van der Waals surface area (Å²) in [6, 6.07) is 8.44. The van der Waals surface area contributed by atoms with Gasteiger partial charge in [-0.25, -0.2) is 4.79 Å². The number of carbonyl (C=O) groups is 1. The van der Waals surface area contributed by atoms with Crippen LogP contribution in [0.1, 0.15) is 18.5 Å². The van der Waals surface area contributed by atoms with Crippen molar-refractivity contribution in [1.29, 1.82) is 0 Å². The molecule has 0 saturated carbocycles. The third-order valence-corrected chi connectivity index (χ3v) is 4.58. The van der Waals surface area contributed by atoms with E-state index in [9.17, 15) is 9.59 Å². The Balaban J connectivity index is 2.59. The number of esters is 1. The van der Waals surface area contributed by atoms with Gasteiger partial charge >= 0.3 is 5.97 Å². The first kappa shape index (κ1) is 23.1. The second-order valence-corrected chi connectivity index (χ2v) is 6.52. The number of carbonyl (C=O) groups excluding carboxylic acids is 1. The molecule has 0 radical (unpaired) electrons. The van der Waals surface area contributed by atoms with Crippen LogP contribution in [-0.2, 0) is 9.53 Å². The minimum Gasteiger partial charge on any atom is -0.493 e. The lowest BCUT2D eigenvalue weighted by Gasteiger charge is -2.23. The summed E-state index contributed by atoms with van der Waals surface area (Å²) in [6.45, 7) is 5.78. The average molecular weight is 434 g/mol. The van der Waals surface area contributed by atoms with Gasteiger partial charge < -0.3 is 24.3 Å². The van der Waals surface area contributed by atoms with E-state index < -0.39 is 12.0 Å². The standard InChI is InChI=1S/C22H24ClNO6/c1-6-30-22(26)13(2)20(16-9-7-8-15(25)12-17(16)23)24-14-10-18(27-3)21(29-5)19(11-14)28-4/h7-12,20,24H,2,6H2,1,3-5H3. The molecule has 2 aromatic rings. The van der Waals surface area contributed by atoms with E-state index in [1.54, 1.807) is 31.2 Å². The maximum Gasteiger partial charge on any atom is 0.335 e. The Morgan fingerprint density at radius 2 is 1.73 bits per heavy atom. The molecule has 0 aliphatic heterocycles. The van der Waals surface area contributed by atoms with Crippen molar-refractivity contribution in [3.05, 3.63) is 69.4 Å². The van der Waals surface area contributed by atoms with Gasteiger partial charge in [0.2, 0.25) is 5.75 Å². The van der Waals surface area contributed by atoms with Crippen molar-refractivity contribution in [3.8, 4) is 17.2 Å². The van der Waals surface area contributed by atoms with Crippen molar-refractivity contribution < 1.29 is 23.7 Å². The Hall–Kier alpha value is -3.19. The maximum absolute atomic E-state index is 12.4. The summed E-state index contributed by atoms with van der Waals surface area (Å²) in [7, 11) is 4.50. The largest absolute Gasteiger partial charge is 0.493 e. The van der Waals surface area contributed by atoms with Crippen molar-refractivity contribution in [3.63, 3.8) is 0 Å². The lowest BCUT2D eigenvalue weighted by molar-refractivity contribution is -0.138. The summed E-state index contributed by atoms with van der Waals surface area (Å²) in [4.78, 5) is 24.2. The average Bonchev–Trinajstić information content (AvgIpc) is 2.90. The van der Waals surface area contributed by atoms with Crippen LogP contribution in [0.15, 0.2) is 53.3 Å². The second-order valence-electron chi connectivity index (χ2n) is 6.11. The van der Waals surface area contributed by atoms with Gasteiger partial charge in [0.15, 0.2) is 16.9 Å². The van der Waals surface area contributed by atoms with E-state index in [0.717, 1.165) is 0 Å². The Labute approximate surface area is 180 Å². The first-order valence-corrected chi connectivity index (χ1v) is 9.46. The fraction of sp³-hybridized carbons (Fsp3) is 0.273. The first-order valence-electron chi connectivity index (χ1n) is 9.08. The number of methoxy groups -OCH3 is 3. The Bertz CT molecular complexity index is 966. The molecule has 0 aromatic heterocycles. The highest BCUT2D eigenvalue weighted by atomic mass is 35.5. The quantitative estimate of drug-likeness (QED) is 0.472. The molecule has 1 unspecified atom stereocenters. The number of anilines is 1. The Morgan fingerprint density at radius 1 is 1.10 bits per heavy atom. The number of halogens is 1. The molecule has 8 heteroatoms. The third-order valence-electron chi connectivity index (χ3n) is 4.25. The molecule has 160 valence electrons. The molecule has 7 nitrogen and oxygen atoms in total. The number of ether oxygens (including phenoxy) is 4. The molecule has 2 rings (SSSR count). The number of hydrogen-bond acceptors (Lipinski definition) is 7. The zero-order valence-electron chi connectivity index (χ0n) is 17.3. The number of hydrogen-bond donors (Lipinski definition) is 1. The fourth-order valence-electron chi connectivity index (χ4n) is 2.84. The van der Waals surface area contributed by atoms with Crippen LogP contribution < -0.4 is 25.0 Å². The van der Waals surface area contributed by atoms with Crippen LogP contribution in [0, 0.1) is 0 Å². The molecule has 0 aliphatic rings. The lowest BCUT2D eigenvalue weighted by Crippen LogP contribution is -2.20. The van der Waals surface area contributed by atoms with E-state index in [1.165, 1.54) is 33.5 Å². The molecule has 0 aliphatic carbocycles. The number of benzene rings is 1. The van der Waals surface area contributed by atoms with Gasteiger partial charge in [0.1, 0.15) is 0 Å². The van der Waals surface area contributed by atoms with Gasteiger partial charge in [0.25, 0.3) is 0 Å². The van der Waals surface area contributed by atoms with Crippen molar-refractivity contribution in [2.75, 3.05) is 33.3 Å². The lowest BCUT2D eigenvalue weighted by atomic mass is 10.0. The SMILES string of the molecule is C=C(C(=O)OCC)C(Nc1cc(OC)c(OC)c(OC)c1)c1cccc(=O)cc1Cl. The molecule has 0 heterocycles. The third kappa shape index (κ3) is 5.24. The van der Waals surface area contributed by atoms with Crippen LogP contribution in [0.2, 0.25) is 5.02 Å². The van der Waals surface area contributed by atoms with Gasteiger partial charge in [-0.3, -0.25) is 4.79 Å². The van der Waals surface area contributed by atoms with Gasteiger partial charge in [-0.05, 0) is 18.6 Å². The summed E-state index contributed by atoms with van der Waals surface area (Å²) in [5, 5.41) is 3.39. The highest BCUT2D eigenvalue weighted by Gasteiger charge is 2.25. The van der Waals surface area contributed by atoms with Crippen LogP contribution in [-0.4, -0.2) is 33.9 Å². The van der Waals surface area contributed by atoms with E-state index in [0.29, 0.717) is 28.5 Å². The van der Waals surface area contributed by atoms with Gasteiger partial charge in [-0.1, -0.05) is 30.3 Å². The van der Waals surface area contributed by atoms with Crippen LogP contribution >= 0.6 is 11.6 Å². The monoisotopic (exact) mass is 433 g/mol. The smallest absolute Gasteiger partial charge is 0.335 e. The van der Waals surface area contributed by atoms with Gasteiger partial charge in [-0.15, -0.1) is 0 Å². The molecule has 0 spiro atoms. The van der Waals surface area contributed by atoms with Gasteiger partial charge in [-0.2, -0.15) is 0 Å². The number of nitrogens with one attached hydrogen (secondary N) is 1. The van der Waals surface area contributed by atoms with Crippen molar-refractivity contribution in [1.82, 2.24) is 0 Å². The van der Waals surface area contributed by atoms with E-state index >= 15 is 0 Å². The van der Waals surface area contributed by atoms with Crippen molar-refractivity contribution in [2.45, 2.75) is 13.0 Å². The number of rotatable bonds is 9. The molecule has 2 aromatic carbocycles. The molecule has 1 N–H and O–H groups in total. The van der Waals surface area contributed by atoms with Gasteiger partial charge in [0, 0.05) is 23.9 Å². The molecule has 0 saturated heterocycles. The molecular weight excluding hydrogens is 410 g/mol. The van der Waals surface area contributed by atoms with Crippen LogP contribution in [0.25, 0.3) is 0 Å². The summed E-state index contributed by atoms with van der Waals surface area (Å²) < 4.78 is 21.2. The topological polar surface area (TPSA) is 83.1 Å². The zero-order valence-corrected chi connectivity index (χ0v) is 18.0. The van der Waals surface area contributed by atoms with Crippen LogP contribution in [0.3, 0.4) is 0 Å². The summed E-state index contributed by atoms with van der Waals surface area (Å²) in [5.41, 5.74) is 0.876. The van der Waals surface area contributed by atoms with Crippen LogP contribution in [0.5, 0.6) is 17.2 Å². The molecule has 0 bridgehead atoms. The minimum absolute atomic E-state index is 0.117. The predicted octanol–water partition coefficient (Wildman–Crippen LogP) is 4.00. The molecule has 1 atom stereocenters. The highest BCUT2D eigenvalue weighted by molar-refractivity contribution is 6.31. The molecule has 0 fully saturated rings. The Kier molecular flexibility index (Phi) is 8.12. The minimum atomic E-state index is -0.786. The van der Waals surface area contributed by atoms with E-state index in [4.69, 9.17) is 30.5 Å². The van der Waals surface area contributed by atoms with Crippen molar-refractivity contribution >= 4 is 23.3 Å². The van der Waals surface area contributed by atoms with E-state index in [1.807, 2.05) is 0 Å². The molecule has 30 heavy (non-hydrogen) atoms. The second kappa shape index (κ2) is 10.5. The first-order chi connectivity index (χ1) is 14.4. The summed E-state index contributed by atoms with van der Waals surface area (Å²) in [5.74, 6) is 0.677. The van der Waals surface area contributed by atoms with E-state index in [-0.39, 0.29) is 22.6 Å². The molecular formula is C22H24ClNO6. The van der Waals surface area contributed by atoms with Gasteiger partial charge in [0.05, 0.1) is 44.6 Å². The molecule has 0 amide bonds. The summed E-state index contributed by atoms with van der Waals surface area (Å²) in [6.07, 6.45) is 0. The summed E-state index contributed by atoms with van der Waals surface area (Å²) >= 11 is 6.36. The van der Waals surface area contributed by atoms with Crippen molar-refractivity contribution in [2.24, 2.45) is 0 Å². The highest BCUT2D eigenvalue weighted by Crippen LogP contribution is 2.41. The zero-order chi connectivity index (χ0) is 22.3. The maximum atomic E-state index is 12.4. The predicted molar refractivity (Wildman–Crippen MR) is 116 cm³/mol. The fourth-order valence-corrected chi connectivity index (χ4v) is 3.12. The van der Waals surface area contributed by atoms with E-state index in [2.05, 4.69) is 11.9 Å².